The van der Waals surface area contributed by atoms with Crippen LogP contribution < -0.4 is 10.6 Å². The Morgan fingerprint density at radius 2 is 2.05 bits per heavy atom. The topological polar surface area (TPSA) is 36.4 Å². The summed E-state index contributed by atoms with van der Waals surface area (Å²) >= 11 is 6.13. The fourth-order valence-corrected chi connectivity index (χ4v) is 2.20. The summed E-state index contributed by atoms with van der Waals surface area (Å²) in [6, 6.07) is 8.03. The monoisotopic (exact) mass is 407 g/mol. The van der Waals surface area contributed by atoms with E-state index in [1.165, 1.54) is 18.4 Å². The fourth-order valence-electron chi connectivity index (χ4n) is 1.97. The molecule has 1 aromatic carbocycles. The molecule has 1 aromatic rings. The highest BCUT2D eigenvalue weighted by Crippen LogP contribution is 2.27. The lowest BCUT2D eigenvalue weighted by molar-refractivity contribution is 0.714. The molecule has 112 valence electrons. The number of guanidine groups is 1. The van der Waals surface area contributed by atoms with Gasteiger partial charge in [0.1, 0.15) is 0 Å². The number of aliphatic imine (C=N–C) groups is 1. The van der Waals surface area contributed by atoms with Gasteiger partial charge in [-0.15, -0.1) is 24.0 Å². The van der Waals surface area contributed by atoms with Gasteiger partial charge in [0, 0.05) is 25.2 Å². The largest absolute Gasteiger partial charge is 0.356 e. The zero-order chi connectivity index (χ0) is 13.5. The fraction of sp³-hybridized carbons (Fsp3) is 0.533. The minimum absolute atomic E-state index is 0. The standard InChI is InChI=1S/C15H22ClN3.HI/c1-17-15(19-11-12-8-9-12)18-10-4-6-13-5-2-3-7-14(13)16;/h2-3,5,7,12H,4,6,8-11H2,1H3,(H2,17,18,19);1H. The summed E-state index contributed by atoms with van der Waals surface area (Å²) in [5.41, 5.74) is 1.21. The number of nitrogens with one attached hydrogen (secondary N) is 2. The molecule has 1 saturated carbocycles. The Balaban J connectivity index is 0.00000200. The van der Waals surface area contributed by atoms with Crippen LogP contribution in [-0.2, 0) is 6.42 Å². The SMILES string of the molecule is CN=C(NCCCc1ccccc1Cl)NCC1CC1.I. The van der Waals surface area contributed by atoms with E-state index in [9.17, 15) is 0 Å². The van der Waals surface area contributed by atoms with Crippen LogP contribution in [0.2, 0.25) is 5.02 Å². The molecule has 0 amide bonds. The van der Waals surface area contributed by atoms with E-state index >= 15 is 0 Å². The number of hydrogen-bond donors (Lipinski definition) is 2. The Kier molecular flexibility index (Phi) is 8.30. The Morgan fingerprint density at radius 1 is 1.30 bits per heavy atom. The van der Waals surface area contributed by atoms with E-state index in [0.29, 0.717) is 0 Å². The maximum absolute atomic E-state index is 6.13. The highest BCUT2D eigenvalue weighted by atomic mass is 127. The maximum atomic E-state index is 6.13. The van der Waals surface area contributed by atoms with E-state index in [2.05, 4.69) is 21.7 Å². The summed E-state index contributed by atoms with van der Waals surface area (Å²) < 4.78 is 0. The molecule has 0 radical (unpaired) electrons. The van der Waals surface area contributed by atoms with Gasteiger partial charge in [-0.25, -0.2) is 0 Å². The molecule has 0 atom stereocenters. The quantitative estimate of drug-likeness (QED) is 0.328. The van der Waals surface area contributed by atoms with Crippen molar-refractivity contribution < 1.29 is 0 Å². The van der Waals surface area contributed by atoms with Crippen molar-refractivity contribution in [3.05, 3.63) is 34.9 Å². The summed E-state index contributed by atoms with van der Waals surface area (Å²) in [6.45, 7) is 1.96. The van der Waals surface area contributed by atoms with Gasteiger partial charge in [-0.3, -0.25) is 4.99 Å². The van der Waals surface area contributed by atoms with E-state index in [4.69, 9.17) is 11.6 Å². The Bertz CT molecular complexity index is 433. The van der Waals surface area contributed by atoms with Gasteiger partial charge in [0.2, 0.25) is 0 Å². The molecule has 2 N–H and O–H groups in total. The third kappa shape index (κ3) is 6.31. The summed E-state index contributed by atoms with van der Waals surface area (Å²) in [5, 5.41) is 7.55. The molecule has 0 aromatic heterocycles. The van der Waals surface area contributed by atoms with Crippen molar-refractivity contribution in [3.63, 3.8) is 0 Å². The summed E-state index contributed by atoms with van der Waals surface area (Å²) in [7, 11) is 1.82. The highest BCUT2D eigenvalue weighted by molar-refractivity contribution is 14.0. The number of nitrogens with zero attached hydrogens (tertiary/aromatic N) is 1. The van der Waals surface area contributed by atoms with Crippen LogP contribution in [0.4, 0.5) is 0 Å². The van der Waals surface area contributed by atoms with Gasteiger partial charge in [0.05, 0.1) is 0 Å². The average Bonchev–Trinajstić information content (AvgIpc) is 3.24. The molecule has 2 rings (SSSR count). The Labute approximate surface area is 143 Å². The van der Waals surface area contributed by atoms with Crippen LogP contribution in [0.3, 0.4) is 0 Å². The second kappa shape index (κ2) is 9.45. The lowest BCUT2D eigenvalue weighted by Crippen LogP contribution is -2.38. The molecule has 3 nitrogen and oxygen atoms in total. The highest BCUT2D eigenvalue weighted by Gasteiger charge is 2.20. The molecule has 0 saturated heterocycles. The molecule has 1 aliphatic rings. The lowest BCUT2D eigenvalue weighted by Gasteiger charge is -2.11. The van der Waals surface area contributed by atoms with E-state index in [0.717, 1.165) is 42.8 Å². The van der Waals surface area contributed by atoms with Gasteiger partial charge in [0.15, 0.2) is 5.96 Å². The zero-order valence-electron chi connectivity index (χ0n) is 11.9. The third-order valence-electron chi connectivity index (χ3n) is 3.35. The van der Waals surface area contributed by atoms with Crippen molar-refractivity contribution in [1.82, 2.24) is 10.6 Å². The third-order valence-corrected chi connectivity index (χ3v) is 3.72. The van der Waals surface area contributed by atoms with Crippen LogP contribution in [0.15, 0.2) is 29.3 Å². The molecule has 1 aliphatic carbocycles. The van der Waals surface area contributed by atoms with Gasteiger partial charge < -0.3 is 10.6 Å². The number of rotatable bonds is 6. The molecule has 0 aliphatic heterocycles. The van der Waals surface area contributed by atoms with Crippen LogP contribution >= 0.6 is 35.6 Å². The molecular weight excluding hydrogens is 385 g/mol. The van der Waals surface area contributed by atoms with Crippen molar-refractivity contribution in [2.24, 2.45) is 10.9 Å². The van der Waals surface area contributed by atoms with E-state index in [-0.39, 0.29) is 24.0 Å². The predicted octanol–water partition coefficient (Wildman–Crippen LogP) is 3.47. The number of halogens is 2. The smallest absolute Gasteiger partial charge is 0.190 e. The van der Waals surface area contributed by atoms with Crippen LogP contribution in [0.5, 0.6) is 0 Å². The van der Waals surface area contributed by atoms with Crippen LogP contribution in [0.1, 0.15) is 24.8 Å². The molecular formula is C15H23ClIN3. The lowest BCUT2D eigenvalue weighted by atomic mass is 10.1. The number of benzene rings is 1. The van der Waals surface area contributed by atoms with Gasteiger partial charge in [-0.05, 0) is 43.2 Å². The van der Waals surface area contributed by atoms with Crippen molar-refractivity contribution in [1.29, 1.82) is 0 Å². The molecule has 1 fully saturated rings. The van der Waals surface area contributed by atoms with Crippen molar-refractivity contribution in [2.75, 3.05) is 20.1 Å². The molecule has 5 heteroatoms. The average molecular weight is 408 g/mol. The van der Waals surface area contributed by atoms with Gasteiger partial charge >= 0.3 is 0 Å². The van der Waals surface area contributed by atoms with Crippen molar-refractivity contribution >= 4 is 41.5 Å². The van der Waals surface area contributed by atoms with Crippen LogP contribution in [-0.4, -0.2) is 26.1 Å². The van der Waals surface area contributed by atoms with Crippen LogP contribution in [0.25, 0.3) is 0 Å². The van der Waals surface area contributed by atoms with E-state index < -0.39 is 0 Å². The first-order valence-corrected chi connectivity index (χ1v) is 7.35. The molecule has 0 heterocycles. The number of hydrogen-bond acceptors (Lipinski definition) is 1. The Hall–Kier alpha value is -0.490. The molecule has 0 spiro atoms. The normalized spacial score (nSPS) is 14.6. The first kappa shape index (κ1) is 17.6. The van der Waals surface area contributed by atoms with Gasteiger partial charge in [-0.1, -0.05) is 29.8 Å². The maximum Gasteiger partial charge on any atom is 0.190 e. The second-order valence-corrected chi connectivity index (χ2v) is 5.43. The zero-order valence-corrected chi connectivity index (χ0v) is 14.9. The predicted molar refractivity (Wildman–Crippen MR) is 97.3 cm³/mol. The van der Waals surface area contributed by atoms with E-state index in [1.54, 1.807) is 0 Å². The summed E-state index contributed by atoms with van der Waals surface area (Å²) in [6.07, 6.45) is 4.76. The number of aryl methyl sites for hydroxylation is 1. The first-order valence-electron chi connectivity index (χ1n) is 6.97. The van der Waals surface area contributed by atoms with Gasteiger partial charge in [0.25, 0.3) is 0 Å². The summed E-state index contributed by atoms with van der Waals surface area (Å²) in [5.74, 6) is 1.77. The van der Waals surface area contributed by atoms with Gasteiger partial charge in [-0.2, -0.15) is 0 Å². The summed E-state index contributed by atoms with van der Waals surface area (Å²) in [4.78, 5) is 4.22. The minimum Gasteiger partial charge on any atom is -0.356 e. The second-order valence-electron chi connectivity index (χ2n) is 5.02. The minimum atomic E-state index is 0. The first-order chi connectivity index (χ1) is 9.29. The van der Waals surface area contributed by atoms with E-state index in [1.807, 2.05) is 25.2 Å². The van der Waals surface area contributed by atoms with Crippen LogP contribution in [0, 0.1) is 5.92 Å². The van der Waals surface area contributed by atoms with Crippen molar-refractivity contribution in [3.8, 4) is 0 Å². The Morgan fingerprint density at radius 3 is 2.70 bits per heavy atom. The molecule has 0 bridgehead atoms. The molecule has 20 heavy (non-hydrogen) atoms. The van der Waals surface area contributed by atoms with Crippen molar-refractivity contribution in [2.45, 2.75) is 25.7 Å². The molecule has 0 unspecified atom stereocenters.